The van der Waals surface area contributed by atoms with Gasteiger partial charge in [0, 0.05) is 23.6 Å². The minimum absolute atomic E-state index is 0.126. The molecular weight excluding hydrogens is 290 g/mol. The van der Waals surface area contributed by atoms with Crippen LogP contribution >= 0.6 is 0 Å². The van der Waals surface area contributed by atoms with Crippen LogP contribution in [-0.4, -0.2) is 27.7 Å². The predicted octanol–water partition coefficient (Wildman–Crippen LogP) is 0.948. The molecule has 7 nitrogen and oxygen atoms in total. The van der Waals surface area contributed by atoms with E-state index in [4.69, 9.17) is 5.14 Å². The Morgan fingerprint density at radius 1 is 1.29 bits per heavy atom. The zero-order valence-electron chi connectivity index (χ0n) is 11.5. The molecule has 8 heteroatoms. The molecule has 0 aliphatic rings. The minimum Gasteiger partial charge on any atom is -0.338 e. The SMILES string of the molecule is CCn1ncnc1Cn1cc(S(N)(=O)=O)c2ccccc21. The molecule has 0 unspecified atom stereocenters. The highest BCUT2D eigenvalue weighted by Crippen LogP contribution is 2.24. The van der Waals surface area contributed by atoms with Crippen molar-refractivity contribution in [3.8, 4) is 0 Å². The highest BCUT2D eigenvalue weighted by atomic mass is 32.2. The first-order valence-electron chi connectivity index (χ1n) is 6.48. The lowest BCUT2D eigenvalue weighted by Gasteiger charge is -2.05. The maximum absolute atomic E-state index is 11.7. The number of sulfonamides is 1. The Morgan fingerprint density at radius 3 is 2.76 bits per heavy atom. The maximum atomic E-state index is 11.7. The number of nitrogens with two attached hydrogens (primary N) is 1. The number of para-hydroxylation sites is 1. The Morgan fingerprint density at radius 2 is 2.05 bits per heavy atom. The summed E-state index contributed by atoms with van der Waals surface area (Å²) in [5, 5.41) is 10.0. The maximum Gasteiger partial charge on any atom is 0.240 e. The number of aromatic nitrogens is 4. The number of rotatable bonds is 4. The molecule has 0 atom stereocenters. The molecule has 2 aromatic heterocycles. The topological polar surface area (TPSA) is 95.8 Å². The van der Waals surface area contributed by atoms with Gasteiger partial charge >= 0.3 is 0 Å². The molecule has 0 amide bonds. The van der Waals surface area contributed by atoms with Crippen LogP contribution in [-0.2, 0) is 23.1 Å². The zero-order chi connectivity index (χ0) is 15.0. The summed E-state index contributed by atoms with van der Waals surface area (Å²) in [7, 11) is -3.77. The first-order chi connectivity index (χ1) is 10.0. The Hall–Kier alpha value is -2.19. The molecule has 21 heavy (non-hydrogen) atoms. The second kappa shape index (κ2) is 4.97. The van der Waals surface area contributed by atoms with Crippen molar-refractivity contribution in [1.82, 2.24) is 19.3 Å². The van der Waals surface area contributed by atoms with E-state index >= 15 is 0 Å². The van der Waals surface area contributed by atoms with Crippen LogP contribution in [0.3, 0.4) is 0 Å². The van der Waals surface area contributed by atoms with Crippen LogP contribution < -0.4 is 5.14 Å². The van der Waals surface area contributed by atoms with Gasteiger partial charge in [0.25, 0.3) is 0 Å². The van der Waals surface area contributed by atoms with Crippen molar-refractivity contribution in [2.45, 2.75) is 24.9 Å². The smallest absolute Gasteiger partial charge is 0.240 e. The monoisotopic (exact) mass is 305 g/mol. The van der Waals surface area contributed by atoms with E-state index in [0.717, 1.165) is 11.3 Å². The Labute approximate surface area is 122 Å². The summed E-state index contributed by atoms with van der Waals surface area (Å²) in [6.45, 7) is 3.11. The number of hydrogen-bond donors (Lipinski definition) is 1. The van der Waals surface area contributed by atoms with Crippen molar-refractivity contribution in [3.63, 3.8) is 0 Å². The average Bonchev–Trinajstić information content (AvgIpc) is 3.03. The first-order valence-corrected chi connectivity index (χ1v) is 8.02. The van der Waals surface area contributed by atoms with Crippen LogP contribution in [0.15, 0.2) is 41.7 Å². The molecule has 0 spiro atoms. The summed E-state index contributed by atoms with van der Waals surface area (Å²) in [5.74, 6) is 0.763. The molecule has 3 rings (SSSR count). The van der Waals surface area contributed by atoms with Crippen molar-refractivity contribution in [2.75, 3.05) is 0 Å². The third-order valence-corrected chi connectivity index (χ3v) is 4.30. The van der Waals surface area contributed by atoms with Crippen LogP contribution in [0.5, 0.6) is 0 Å². The normalized spacial score (nSPS) is 12.1. The van der Waals surface area contributed by atoms with Crippen molar-refractivity contribution >= 4 is 20.9 Å². The van der Waals surface area contributed by atoms with Gasteiger partial charge in [0.1, 0.15) is 17.0 Å². The van der Waals surface area contributed by atoms with E-state index in [1.54, 1.807) is 23.0 Å². The summed E-state index contributed by atoms with van der Waals surface area (Å²) in [6.07, 6.45) is 3.04. The Balaban J connectivity index is 2.16. The molecule has 0 fully saturated rings. The van der Waals surface area contributed by atoms with E-state index < -0.39 is 10.0 Å². The molecule has 2 heterocycles. The van der Waals surface area contributed by atoms with Crippen LogP contribution in [0.1, 0.15) is 12.7 Å². The molecule has 0 saturated carbocycles. The molecule has 0 radical (unpaired) electrons. The molecule has 0 aliphatic heterocycles. The lowest BCUT2D eigenvalue weighted by Crippen LogP contribution is -2.12. The first kappa shape index (κ1) is 13.8. The van der Waals surface area contributed by atoms with Crippen LogP contribution in [0.4, 0.5) is 0 Å². The number of benzene rings is 1. The number of aryl methyl sites for hydroxylation is 1. The van der Waals surface area contributed by atoms with Gasteiger partial charge in [-0.2, -0.15) is 5.10 Å². The fraction of sp³-hybridized carbons (Fsp3) is 0.231. The van der Waals surface area contributed by atoms with Gasteiger partial charge in [-0.15, -0.1) is 0 Å². The fourth-order valence-corrected chi connectivity index (χ4v) is 3.15. The van der Waals surface area contributed by atoms with E-state index in [1.165, 1.54) is 6.33 Å². The van der Waals surface area contributed by atoms with E-state index in [9.17, 15) is 8.42 Å². The molecule has 2 N–H and O–H groups in total. The minimum atomic E-state index is -3.77. The molecular formula is C13H15N5O2S. The second-order valence-corrected chi connectivity index (χ2v) is 6.21. The molecule has 0 aliphatic carbocycles. The van der Waals surface area contributed by atoms with Crippen molar-refractivity contribution in [3.05, 3.63) is 42.6 Å². The zero-order valence-corrected chi connectivity index (χ0v) is 12.3. The van der Waals surface area contributed by atoms with E-state index in [1.807, 2.05) is 23.6 Å². The van der Waals surface area contributed by atoms with E-state index in [0.29, 0.717) is 18.5 Å². The summed E-state index contributed by atoms with van der Waals surface area (Å²) in [6, 6.07) is 7.25. The summed E-state index contributed by atoms with van der Waals surface area (Å²) < 4.78 is 27.0. The van der Waals surface area contributed by atoms with Gasteiger partial charge < -0.3 is 4.57 Å². The number of fused-ring (bicyclic) bond motifs is 1. The predicted molar refractivity (Wildman–Crippen MR) is 78.1 cm³/mol. The van der Waals surface area contributed by atoms with Gasteiger partial charge in [0.15, 0.2) is 0 Å². The molecule has 3 aromatic rings. The molecule has 1 aromatic carbocycles. The standard InChI is InChI=1S/C13H15N5O2S/c1-2-18-13(15-9-16-18)8-17-7-12(21(14,19)20)10-5-3-4-6-11(10)17/h3-7,9H,2,8H2,1H3,(H2,14,19,20). The van der Waals surface area contributed by atoms with Crippen LogP contribution in [0.25, 0.3) is 10.9 Å². The highest BCUT2D eigenvalue weighted by Gasteiger charge is 2.17. The Bertz CT molecular complexity index is 894. The van der Waals surface area contributed by atoms with Crippen molar-refractivity contribution in [1.29, 1.82) is 0 Å². The van der Waals surface area contributed by atoms with Gasteiger partial charge in [-0.3, -0.25) is 0 Å². The highest BCUT2D eigenvalue weighted by molar-refractivity contribution is 7.89. The van der Waals surface area contributed by atoms with Gasteiger partial charge in [0.2, 0.25) is 10.0 Å². The van der Waals surface area contributed by atoms with Gasteiger partial charge in [0.05, 0.1) is 6.54 Å². The quantitative estimate of drug-likeness (QED) is 0.776. The number of nitrogens with zero attached hydrogens (tertiary/aromatic N) is 4. The second-order valence-electron chi connectivity index (χ2n) is 4.68. The van der Waals surface area contributed by atoms with E-state index in [2.05, 4.69) is 10.1 Å². The van der Waals surface area contributed by atoms with Crippen molar-refractivity contribution in [2.24, 2.45) is 5.14 Å². The third kappa shape index (κ3) is 2.43. The largest absolute Gasteiger partial charge is 0.338 e. The molecule has 0 saturated heterocycles. The average molecular weight is 305 g/mol. The van der Waals surface area contributed by atoms with Gasteiger partial charge in [-0.25, -0.2) is 23.2 Å². The number of hydrogen-bond acceptors (Lipinski definition) is 4. The van der Waals surface area contributed by atoms with Gasteiger partial charge in [-0.1, -0.05) is 18.2 Å². The fourth-order valence-electron chi connectivity index (χ4n) is 2.40. The summed E-state index contributed by atoms with van der Waals surface area (Å²) in [5.41, 5.74) is 0.798. The Kier molecular flexibility index (Phi) is 3.26. The van der Waals surface area contributed by atoms with Crippen LogP contribution in [0, 0.1) is 0 Å². The summed E-state index contributed by atoms with van der Waals surface area (Å²) in [4.78, 5) is 4.34. The summed E-state index contributed by atoms with van der Waals surface area (Å²) >= 11 is 0. The molecule has 0 bridgehead atoms. The third-order valence-electron chi connectivity index (χ3n) is 3.37. The lowest BCUT2D eigenvalue weighted by molar-refractivity contribution is 0.592. The van der Waals surface area contributed by atoms with E-state index in [-0.39, 0.29) is 4.90 Å². The van der Waals surface area contributed by atoms with Crippen LogP contribution in [0.2, 0.25) is 0 Å². The van der Waals surface area contributed by atoms with Crippen molar-refractivity contribution < 1.29 is 8.42 Å². The number of primary sulfonamides is 1. The van der Waals surface area contributed by atoms with Gasteiger partial charge in [-0.05, 0) is 13.0 Å². The molecule has 110 valence electrons. The lowest BCUT2D eigenvalue weighted by atomic mass is 10.2.